The Balaban J connectivity index is 3.72. The normalized spacial score (nSPS) is 16.4. The van der Waals surface area contributed by atoms with E-state index in [9.17, 15) is 0 Å². The van der Waals surface area contributed by atoms with E-state index in [1.165, 1.54) is 25.7 Å². The van der Waals surface area contributed by atoms with Crippen LogP contribution in [0.3, 0.4) is 0 Å². The molecule has 0 aliphatic heterocycles. The van der Waals surface area contributed by atoms with Crippen molar-refractivity contribution >= 4 is 0 Å². The fraction of sp³-hybridized carbons (Fsp3) is 1.00. The Morgan fingerprint density at radius 3 is 2.05 bits per heavy atom. The second-order valence-electron chi connectivity index (χ2n) is 6.39. The Morgan fingerprint density at radius 2 is 1.50 bits per heavy atom. The van der Waals surface area contributed by atoms with Gasteiger partial charge in [-0.25, -0.2) is 0 Å². The van der Waals surface area contributed by atoms with E-state index in [0.717, 1.165) is 25.6 Å². The van der Waals surface area contributed by atoms with Gasteiger partial charge >= 0.3 is 0 Å². The van der Waals surface area contributed by atoms with E-state index in [0.29, 0.717) is 18.0 Å². The molecule has 3 unspecified atom stereocenters. The van der Waals surface area contributed by atoms with Crippen molar-refractivity contribution in [1.82, 2.24) is 16.0 Å². The van der Waals surface area contributed by atoms with Crippen molar-refractivity contribution in [3.8, 4) is 0 Å². The maximum atomic E-state index is 3.70. The van der Waals surface area contributed by atoms with Crippen molar-refractivity contribution in [2.45, 2.75) is 72.4 Å². The number of hydrogen-bond donors (Lipinski definition) is 3. The topological polar surface area (TPSA) is 36.1 Å². The summed E-state index contributed by atoms with van der Waals surface area (Å²) in [6.45, 7) is 14.9. The summed E-state index contributed by atoms with van der Waals surface area (Å²) in [4.78, 5) is 0. The summed E-state index contributed by atoms with van der Waals surface area (Å²) < 4.78 is 0. The first kappa shape index (κ1) is 19.9. The van der Waals surface area contributed by atoms with Gasteiger partial charge in [0.25, 0.3) is 0 Å². The highest BCUT2D eigenvalue weighted by Gasteiger charge is 2.13. The lowest BCUT2D eigenvalue weighted by molar-refractivity contribution is 0.343. The zero-order valence-corrected chi connectivity index (χ0v) is 14.8. The second kappa shape index (κ2) is 12.6. The van der Waals surface area contributed by atoms with E-state index in [2.05, 4.69) is 50.6 Å². The summed E-state index contributed by atoms with van der Waals surface area (Å²) in [6.07, 6.45) is 5.13. The number of rotatable bonds is 13. The molecule has 122 valence electrons. The molecule has 0 spiro atoms. The number of hydrogen-bond acceptors (Lipinski definition) is 3. The molecule has 0 radical (unpaired) electrons. The van der Waals surface area contributed by atoms with Crippen molar-refractivity contribution in [1.29, 1.82) is 0 Å². The summed E-state index contributed by atoms with van der Waals surface area (Å²) in [5.74, 6) is 1.57. The minimum atomic E-state index is 0.591. The quantitative estimate of drug-likeness (QED) is 0.487. The third-order valence-electron chi connectivity index (χ3n) is 4.64. The van der Waals surface area contributed by atoms with Crippen molar-refractivity contribution < 1.29 is 0 Å². The van der Waals surface area contributed by atoms with Gasteiger partial charge in [0.2, 0.25) is 0 Å². The Hall–Kier alpha value is -0.120. The lowest BCUT2D eigenvalue weighted by Crippen LogP contribution is -2.41. The molecule has 0 rings (SSSR count). The first-order valence-electron chi connectivity index (χ1n) is 8.66. The predicted molar refractivity (Wildman–Crippen MR) is 91.3 cm³/mol. The van der Waals surface area contributed by atoms with Crippen LogP contribution in [0.2, 0.25) is 0 Å². The molecule has 0 saturated heterocycles. The summed E-state index contributed by atoms with van der Waals surface area (Å²) in [5.41, 5.74) is 0. The SMILES string of the molecule is CCC(CC)CCNC(C)C(C)CNC(C)CCNC. The number of nitrogens with one attached hydrogen (secondary N) is 3. The van der Waals surface area contributed by atoms with Gasteiger partial charge in [-0.1, -0.05) is 33.6 Å². The lowest BCUT2D eigenvalue weighted by Gasteiger charge is -2.24. The van der Waals surface area contributed by atoms with Gasteiger partial charge in [0.15, 0.2) is 0 Å². The maximum Gasteiger partial charge on any atom is 0.00764 e. The van der Waals surface area contributed by atoms with Gasteiger partial charge in [-0.3, -0.25) is 0 Å². The standard InChI is InChI=1S/C17H39N3/c1-7-17(8-2)10-12-19-16(5)14(3)13-20-15(4)9-11-18-6/h14-20H,7-13H2,1-6H3. The molecule has 0 heterocycles. The van der Waals surface area contributed by atoms with E-state index in [1.54, 1.807) is 0 Å². The lowest BCUT2D eigenvalue weighted by atomic mass is 9.98. The van der Waals surface area contributed by atoms with Crippen LogP contribution in [0.15, 0.2) is 0 Å². The van der Waals surface area contributed by atoms with Gasteiger partial charge in [0.05, 0.1) is 0 Å². The first-order valence-corrected chi connectivity index (χ1v) is 8.66. The van der Waals surface area contributed by atoms with Crippen molar-refractivity contribution in [3.63, 3.8) is 0 Å². The van der Waals surface area contributed by atoms with Crippen LogP contribution in [0.1, 0.15) is 60.3 Å². The van der Waals surface area contributed by atoms with Gasteiger partial charge in [-0.05, 0) is 65.2 Å². The highest BCUT2D eigenvalue weighted by atomic mass is 15.0. The van der Waals surface area contributed by atoms with Gasteiger partial charge < -0.3 is 16.0 Å². The molecule has 3 atom stereocenters. The van der Waals surface area contributed by atoms with Crippen molar-refractivity contribution in [2.24, 2.45) is 11.8 Å². The summed E-state index contributed by atoms with van der Waals surface area (Å²) >= 11 is 0. The molecule has 0 amide bonds. The monoisotopic (exact) mass is 285 g/mol. The highest BCUT2D eigenvalue weighted by Crippen LogP contribution is 2.11. The highest BCUT2D eigenvalue weighted by molar-refractivity contribution is 4.73. The molecule has 0 saturated carbocycles. The summed E-state index contributed by atoms with van der Waals surface area (Å²) in [6, 6.07) is 1.19. The van der Waals surface area contributed by atoms with E-state index in [-0.39, 0.29) is 0 Å². The van der Waals surface area contributed by atoms with Crippen LogP contribution < -0.4 is 16.0 Å². The van der Waals surface area contributed by atoms with Crippen LogP contribution in [0.5, 0.6) is 0 Å². The third-order valence-corrected chi connectivity index (χ3v) is 4.64. The van der Waals surface area contributed by atoms with E-state index in [4.69, 9.17) is 0 Å². The minimum absolute atomic E-state index is 0.591. The van der Waals surface area contributed by atoms with Crippen LogP contribution >= 0.6 is 0 Å². The molecule has 3 N–H and O–H groups in total. The Bertz CT molecular complexity index is 204. The Labute approximate surface area is 127 Å². The van der Waals surface area contributed by atoms with Gasteiger partial charge in [0, 0.05) is 12.1 Å². The molecule has 0 aromatic rings. The molecule has 3 heteroatoms. The molecular formula is C17H39N3. The average molecular weight is 286 g/mol. The van der Waals surface area contributed by atoms with E-state index in [1.807, 2.05) is 7.05 Å². The average Bonchev–Trinajstić information content (AvgIpc) is 2.46. The van der Waals surface area contributed by atoms with E-state index < -0.39 is 0 Å². The zero-order valence-electron chi connectivity index (χ0n) is 14.8. The summed E-state index contributed by atoms with van der Waals surface area (Å²) in [7, 11) is 2.02. The van der Waals surface area contributed by atoms with Gasteiger partial charge in [0.1, 0.15) is 0 Å². The Morgan fingerprint density at radius 1 is 0.850 bits per heavy atom. The van der Waals surface area contributed by atoms with Crippen molar-refractivity contribution in [3.05, 3.63) is 0 Å². The molecule has 0 aliphatic rings. The molecule has 0 aromatic heterocycles. The largest absolute Gasteiger partial charge is 0.320 e. The fourth-order valence-corrected chi connectivity index (χ4v) is 2.44. The second-order valence-corrected chi connectivity index (χ2v) is 6.39. The fourth-order valence-electron chi connectivity index (χ4n) is 2.44. The first-order chi connectivity index (χ1) is 9.54. The molecular weight excluding hydrogens is 246 g/mol. The smallest absolute Gasteiger partial charge is 0.00764 e. The van der Waals surface area contributed by atoms with Gasteiger partial charge in [-0.2, -0.15) is 0 Å². The molecule has 0 bridgehead atoms. The van der Waals surface area contributed by atoms with Crippen LogP contribution in [-0.4, -0.2) is 38.8 Å². The molecule has 0 aliphatic carbocycles. The predicted octanol–water partition coefficient (Wildman–Crippen LogP) is 3.01. The minimum Gasteiger partial charge on any atom is -0.320 e. The van der Waals surface area contributed by atoms with Gasteiger partial charge in [-0.15, -0.1) is 0 Å². The molecule has 3 nitrogen and oxygen atoms in total. The zero-order chi connectivity index (χ0) is 15.4. The van der Waals surface area contributed by atoms with Crippen LogP contribution in [-0.2, 0) is 0 Å². The molecule has 0 aromatic carbocycles. The van der Waals surface area contributed by atoms with E-state index >= 15 is 0 Å². The molecule has 0 fully saturated rings. The molecule has 20 heavy (non-hydrogen) atoms. The Kier molecular flexibility index (Phi) is 12.5. The van der Waals surface area contributed by atoms with Crippen LogP contribution in [0.25, 0.3) is 0 Å². The van der Waals surface area contributed by atoms with Crippen molar-refractivity contribution in [2.75, 3.05) is 26.7 Å². The third kappa shape index (κ3) is 9.73. The maximum absolute atomic E-state index is 3.70. The van der Waals surface area contributed by atoms with Crippen LogP contribution in [0.4, 0.5) is 0 Å². The van der Waals surface area contributed by atoms with Crippen LogP contribution in [0, 0.1) is 11.8 Å². The summed E-state index contributed by atoms with van der Waals surface area (Å²) in [5, 5.41) is 10.5.